The Morgan fingerprint density at radius 2 is 1.51 bits per heavy atom. The summed E-state index contributed by atoms with van der Waals surface area (Å²) in [4.78, 5) is 14.7. The summed E-state index contributed by atoms with van der Waals surface area (Å²) in [6.45, 7) is 9.63. The highest BCUT2D eigenvalue weighted by Gasteiger charge is 2.36. The van der Waals surface area contributed by atoms with Gasteiger partial charge in [-0.15, -0.1) is 0 Å². The maximum atomic E-state index is 6.35. The molecule has 0 radical (unpaired) electrons. The van der Waals surface area contributed by atoms with E-state index in [1.54, 1.807) is 0 Å². The van der Waals surface area contributed by atoms with E-state index in [0.29, 0.717) is 11.1 Å². The van der Waals surface area contributed by atoms with Crippen LogP contribution in [-0.4, -0.2) is 47.8 Å². The fraction of sp³-hybridized carbons (Fsp3) is 0.621. The van der Waals surface area contributed by atoms with Crippen LogP contribution in [0.2, 0.25) is 5.02 Å². The monoisotopic (exact) mass is 540 g/mol. The van der Waals surface area contributed by atoms with Crippen LogP contribution in [0.3, 0.4) is 0 Å². The summed E-state index contributed by atoms with van der Waals surface area (Å²) in [6.07, 6.45) is 9.55. The van der Waals surface area contributed by atoms with Crippen LogP contribution < -0.4 is 20.4 Å². The normalized spacial score (nSPS) is 20.7. The molecule has 0 bridgehead atoms. The van der Waals surface area contributed by atoms with E-state index in [2.05, 4.69) is 58.5 Å². The molecule has 3 aliphatic rings. The van der Waals surface area contributed by atoms with Crippen LogP contribution in [0, 0.1) is 11.8 Å². The number of aromatic nitrogens is 2. The van der Waals surface area contributed by atoms with Crippen LogP contribution in [0.25, 0.3) is 0 Å². The summed E-state index contributed by atoms with van der Waals surface area (Å²) >= 11 is 12.1. The Labute approximate surface area is 232 Å². The molecule has 8 heteroatoms. The highest BCUT2D eigenvalue weighted by atomic mass is 35.5. The summed E-state index contributed by atoms with van der Waals surface area (Å²) in [7, 11) is 0. The molecule has 0 amide bonds. The van der Waals surface area contributed by atoms with Gasteiger partial charge in [0.2, 0.25) is 5.95 Å². The van der Waals surface area contributed by atoms with Crippen molar-refractivity contribution in [1.29, 1.82) is 0 Å². The first-order valence-electron chi connectivity index (χ1n) is 14.1. The van der Waals surface area contributed by atoms with E-state index in [1.807, 2.05) is 6.07 Å². The van der Waals surface area contributed by atoms with Crippen molar-refractivity contribution in [1.82, 2.24) is 15.3 Å². The van der Waals surface area contributed by atoms with Crippen molar-refractivity contribution in [3.63, 3.8) is 0 Å². The summed E-state index contributed by atoms with van der Waals surface area (Å²) in [5.41, 5.74) is 1.35. The van der Waals surface area contributed by atoms with Gasteiger partial charge < -0.3 is 20.4 Å². The molecular formula is C29H41ClN6S. The van der Waals surface area contributed by atoms with E-state index in [9.17, 15) is 0 Å². The third-order valence-corrected chi connectivity index (χ3v) is 9.21. The van der Waals surface area contributed by atoms with Gasteiger partial charge in [-0.3, -0.25) is 0 Å². The van der Waals surface area contributed by atoms with Crippen molar-refractivity contribution in [2.24, 2.45) is 11.8 Å². The Hall–Kier alpha value is -2.12. The number of thiocarbonyl (C=S) groups is 1. The van der Waals surface area contributed by atoms with E-state index in [1.165, 1.54) is 44.1 Å². The van der Waals surface area contributed by atoms with Crippen molar-refractivity contribution >= 4 is 46.5 Å². The van der Waals surface area contributed by atoms with Gasteiger partial charge in [-0.05, 0) is 80.3 Å². The largest absolute Gasteiger partial charge is 0.361 e. The van der Waals surface area contributed by atoms with E-state index in [-0.39, 0.29) is 5.41 Å². The zero-order valence-corrected chi connectivity index (χ0v) is 23.9. The van der Waals surface area contributed by atoms with Gasteiger partial charge in [0.15, 0.2) is 5.11 Å². The van der Waals surface area contributed by atoms with Gasteiger partial charge in [-0.1, -0.05) is 50.4 Å². The van der Waals surface area contributed by atoms with Gasteiger partial charge >= 0.3 is 0 Å². The second kappa shape index (κ2) is 11.7. The first kappa shape index (κ1) is 26.5. The molecule has 0 unspecified atom stereocenters. The van der Waals surface area contributed by atoms with Crippen LogP contribution in [0.4, 0.5) is 17.6 Å². The molecule has 3 fully saturated rings. The number of rotatable bonds is 6. The number of nitrogens with zero attached hydrogens (tertiary/aromatic N) is 4. The van der Waals surface area contributed by atoms with Crippen LogP contribution in [0.15, 0.2) is 30.3 Å². The zero-order valence-electron chi connectivity index (χ0n) is 22.3. The topological polar surface area (TPSA) is 56.3 Å². The first-order chi connectivity index (χ1) is 17.9. The average molecular weight is 541 g/mol. The number of piperidine rings is 2. The summed E-state index contributed by atoms with van der Waals surface area (Å²) in [5, 5.41) is 8.23. The first-order valence-corrected chi connectivity index (χ1v) is 14.9. The highest BCUT2D eigenvalue weighted by Crippen LogP contribution is 2.41. The minimum Gasteiger partial charge on any atom is -0.361 e. The van der Waals surface area contributed by atoms with Crippen molar-refractivity contribution in [3.8, 4) is 0 Å². The van der Waals surface area contributed by atoms with Crippen molar-refractivity contribution in [2.45, 2.75) is 70.6 Å². The van der Waals surface area contributed by atoms with Crippen LogP contribution in [-0.2, 0) is 5.41 Å². The quantitative estimate of drug-likeness (QED) is 0.411. The van der Waals surface area contributed by atoms with Crippen LogP contribution in [0.5, 0.6) is 0 Å². The van der Waals surface area contributed by atoms with Gasteiger partial charge in [0.25, 0.3) is 0 Å². The highest BCUT2D eigenvalue weighted by molar-refractivity contribution is 7.80. The lowest BCUT2D eigenvalue weighted by Gasteiger charge is -2.34. The predicted molar refractivity (Wildman–Crippen MR) is 159 cm³/mol. The Morgan fingerprint density at radius 1 is 0.946 bits per heavy atom. The third kappa shape index (κ3) is 6.48. The van der Waals surface area contributed by atoms with Gasteiger partial charge in [0.1, 0.15) is 11.6 Å². The molecule has 2 aliphatic heterocycles. The fourth-order valence-electron chi connectivity index (χ4n) is 6.11. The molecule has 200 valence electrons. The minimum absolute atomic E-state index is 0.0551. The molecule has 1 aromatic carbocycles. The van der Waals surface area contributed by atoms with E-state index < -0.39 is 0 Å². The number of anilines is 3. The molecule has 0 spiro atoms. The Balaban J connectivity index is 1.31. The van der Waals surface area contributed by atoms with Crippen molar-refractivity contribution in [2.75, 3.05) is 47.8 Å². The molecule has 0 atom stereocenters. The zero-order chi connectivity index (χ0) is 25.8. The SMILES string of the molecule is CC1CCN(c2cc(N3CCC(C)CC3)nc(NC(=S)NCC3(c4cccc(Cl)c4)CCCC3)n2)CC1. The maximum absolute atomic E-state index is 6.35. The Kier molecular flexibility index (Phi) is 8.40. The number of benzene rings is 1. The molecule has 37 heavy (non-hydrogen) atoms. The molecule has 6 nitrogen and oxygen atoms in total. The molecule has 1 saturated carbocycles. The predicted octanol–water partition coefficient (Wildman–Crippen LogP) is 6.40. The minimum atomic E-state index is 0.0551. The van der Waals surface area contributed by atoms with Crippen molar-refractivity contribution in [3.05, 3.63) is 40.9 Å². The lowest BCUT2D eigenvalue weighted by atomic mass is 9.79. The van der Waals surface area contributed by atoms with Crippen LogP contribution in [0.1, 0.15) is 70.8 Å². The fourth-order valence-corrected chi connectivity index (χ4v) is 6.46. The van der Waals surface area contributed by atoms with E-state index >= 15 is 0 Å². The molecule has 1 aliphatic carbocycles. The Bertz CT molecular complexity index is 1030. The molecule has 3 heterocycles. The molecule has 5 rings (SSSR count). The number of hydrogen-bond acceptors (Lipinski definition) is 5. The maximum Gasteiger partial charge on any atom is 0.232 e. The summed E-state index contributed by atoms with van der Waals surface area (Å²) < 4.78 is 0. The number of hydrogen-bond donors (Lipinski definition) is 2. The number of nitrogens with one attached hydrogen (secondary N) is 2. The van der Waals surface area contributed by atoms with Crippen LogP contribution >= 0.6 is 23.8 Å². The Morgan fingerprint density at radius 3 is 2.05 bits per heavy atom. The second-order valence-electron chi connectivity index (χ2n) is 11.6. The molecular weight excluding hydrogens is 500 g/mol. The third-order valence-electron chi connectivity index (χ3n) is 8.72. The van der Waals surface area contributed by atoms with E-state index in [4.69, 9.17) is 33.8 Å². The summed E-state index contributed by atoms with van der Waals surface area (Å²) in [5.74, 6) is 4.15. The van der Waals surface area contributed by atoms with Gasteiger partial charge in [0.05, 0.1) is 0 Å². The average Bonchev–Trinajstić information content (AvgIpc) is 3.39. The smallest absolute Gasteiger partial charge is 0.232 e. The van der Waals surface area contributed by atoms with E-state index in [0.717, 1.165) is 74.1 Å². The molecule has 2 aromatic rings. The van der Waals surface area contributed by atoms with Crippen molar-refractivity contribution < 1.29 is 0 Å². The van der Waals surface area contributed by atoms with Gasteiger partial charge in [0, 0.05) is 49.2 Å². The molecule has 2 N–H and O–H groups in total. The standard InChI is InChI=1S/C29H41ClN6S/c1-21-8-14-35(15-9-21)25-19-26(36-16-10-22(2)11-17-36)33-27(32-25)34-28(37)31-20-29(12-3-4-13-29)23-6-5-7-24(30)18-23/h5-7,18-19,21-22H,3-4,8-17,20H2,1-2H3,(H2,31,32,33,34,37). The number of halogens is 1. The lowest BCUT2D eigenvalue weighted by molar-refractivity contribution is 0.433. The molecule has 2 saturated heterocycles. The second-order valence-corrected chi connectivity index (χ2v) is 12.4. The lowest BCUT2D eigenvalue weighted by Crippen LogP contribution is -2.41. The van der Waals surface area contributed by atoms with Gasteiger partial charge in [-0.2, -0.15) is 9.97 Å². The summed E-state index contributed by atoms with van der Waals surface area (Å²) in [6, 6.07) is 10.5. The van der Waals surface area contributed by atoms with Gasteiger partial charge in [-0.25, -0.2) is 0 Å². The molecule has 1 aromatic heterocycles.